The molecule has 7 heteroatoms. The Morgan fingerprint density at radius 3 is 2.67 bits per heavy atom. The van der Waals surface area contributed by atoms with Crippen LogP contribution in [0.15, 0.2) is 0 Å². The summed E-state index contributed by atoms with van der Waals surface area (Å²) in [5.41, 5.74) is 5.68. The van der Waals surface area contributed by atoms with Crippen molar-refractivity contribution in [3.05, 3.63) is 4.88 Å². The van der Waals surface area contributed by atoms with Crippen LogP contribution >= 0.6 is 11.3 Å². The number of hydrogen-bond acceptors (Lipinski definition) is 6. The fourth-order valence-electron chi connectivity index (χ4n) is 1.82. The lowest BCUT2D eigenvalue weighted by Gasteiger charge is -2.19. The van der Waals surface area contributed by atoms with E-state index in [9.17, 15) is 4.79 Å². The number of carbonyl (C=O) groups excluding carboxylic acids is 1. The van der Waals surface area contributed by atoms with Gasteiger partial charge >= 0.3 is 0 Å². The molecule has 5 N–H and O–H groups in total. The Labute approximate surface area is 130 Å². The van der Waals surface area contributed by atoms with Gasteiger partial charge in [-0.1, -0.05) is 24.7 Å². The summed E-state index contributed by atoms with van der Waals surface area (Å²) in [4.78, 5) is 16.8. The fourth-order valence-corrected chi connectivity index (χ4v) is 2.83. The van der Waals surface area contributed by atoms with Gasteiger partial charge in [0.25, 0.3) is 5.91 Å². The molecule has 0 aliphatic heterocycles. The highest BCUT2D eigenvalue weighted by molar-refractivity contribution is 7.18. The highest BCUT2D eigenvalue weighted by Crippen LogP contribution is 2.27. The van der Waals surface area contributed by atoms with Gasteiger partial charge in [-0.25, -0.2) is 4.98 Å². The van der Waals surface area contributed by atoms with Crippen LogP contribution in [-0.2, 0) is 0 Å². The van der Waals surface area contributed by atoms with Crippen molar-refractivity contribution >= 4 is 28.2 Å². The Kier molecular flexibility index (Phi) is 6.42. The summed E-state index contributed by atoms with van der Waals surface area (Å²) < 4.78 is 0. The van der Waals surface area contributed by atoms with Crippen molar-refractivity contribution in [3.63, 3.8) is 0 Å². The van der Waals surface area contributed by atoms with Crippen LogP contribution in [0.25, 0.3) is 0 Å². The smallest absolute Gasteiger partial charge is 0.265 e. The summed E-state index contributed by atoms with van der Waals surface area (Å²) in [6, 6.07) is 0. The molecule has 1 aromatic heterocycles. The molecule has 21 heavy (non-hydrogen) atoms. The summed E-state index contributed by atoms with van der Waals surface area (Å²) in [6.45, 7) is 8.77. The lowest BCUT2D eigenvalue weighted by Crippen LogP contribution is -2.29. The number of thiazole rings is 1. The van der Waals surface area contributed by atoms with Gasteiger partial charge in [-0.3, -0.25) is 4.79 Å². The lowest BCUT2D eigenvalue weighted by molar-refractivity contribution is 0.0948. The molecule has 0 spiro atoms. The third-order valence-electron chi connectivity index (χ3n) is 3.01. The Bertz CT molecular complexity index is 468. The maximum atomic E-state index is 12.2. The fraction of sp³-hybridized carbons (Fsp3) is 0.714. The highest BCUT2D eigenvalue weighted by atomic mass is 32.1. The lowest BCUT2D eigenvalue weighted by atomic mass is 10.0. The van der Waals surface area contributed by atoms with E-state index in [1.807, 2.05) is 27.7 Å². The van der Waals surface area contributed by atoms with Crippen LogP contribution in [0.4, 0.5) is 10.9 Å². The predicted molar refractivity (Wildman–Crippen MR) is 87.7 cm³/mol. The molecule has 120 valence electrons. The van der Waals surface area contributed by atoms with E-state index >= 15 is 0 Å². The molecule has 1 amide bonds. The number of amides is 1. The second kappa shape index (κ2) is 7.61. The van der Waals surface area contributed by atoms with Crippen molar-refractivity contribution in [1.82, 2.24) is 10.3 Å². The SMILES string of the molecule is CCC(CCO)CNC(=O)c1sc(NC(C)(C)C)nc1N. The predicted octanol–water partition coefficient (Wildman–Crippen LogP) is 2.07. The highest BCUT2D eigenvalue weighted by Gasteiger charge is 2.19. The summed E-state index contributed by atoms with van der Waals surface area (Å²) in [5.74, 6) is 0.322. The molecule has 0 aromatic carbocycles. The molecule has 0 aliphatic rings. The van der Waals surface area contributed by atoms with Crippen molar-refractivity contribution in [3.8, 4) is 0 Å². The second-order valence-electron chi connectivity index (χ2n) is 6.10. The van der Waals surface area contributed by atoms with Gasteiger partial charge in [0.2, 0.25) is 0 Å². The number of rotatable bonds is 7. The molecule has 1 aromatic rings. The summed E-state index contributed by atoms with van der Waals surface area (Å²) in [7, 11) is 0. The first-order valence-electron chi connectivity index (χ1n) is 7.20. The van der Waals surface area contributed by atoms with Crippen molar-refractivity contribution in [2.45, 2.75) is 46.1 Å². The van der Waals surface area contributed by atoms with Crippen molar-refractivity contribution in [2.75, 3.05) is 24.2 Å². The number of nitrogens with zero attached hydrogens (tertiary/aromatic N) is 1. The van der Waals surface area contributed by atoms with E-state index in [0.717, 1.165) is 6.42 Å². The first-order valence-corrected chi connectivity index (χ1v) is 8.02. The summed E-state index contributed by atoms with van der Waals surface area (Å²) in [5, 5.41) is 15.7. The molecule has 1 atom stereocenters. The van der Waals surface area contributed by atoms with Crippen LogP contribution in [0.3, 0.4) is 0 Å². The van der Waals surface area contributed by atoms with Gasteiger partial charge in [0.05, 0.1) is 0 Å². The number of nitrogens with two attached hydrogens (primary N) is 1. The van der Waals surface area contributed by atoms with Crippen LogP contribution in [0.1, 0.15) is 50.2 Å². The maximum absolute atomic E-state index is 12.2. The number of carbonyl (C=O) groups is 1. The van der Waals surface area contributed by atoms with E-state index in [-0.39, 0.29) is 29.8 Å². The third kappa shape index (κ3) is 5.89. The Morgan fingerprint density at radius 2 is 2.14 bits per heavy atom. The van der Waals surface area contributed by atoms with Gasteiger partial charge in [0.1, 0.15) is 10.7 Å². The maximum Gasteiger partial charge on any atom is 0.265 e. The van der Waals surface area contributed by atoms with E-state index in [1.165, 1.54) is 11.3 Å². The van der Waals surface area contributed by atoms with E-state index in [4.69, 9.17) is 10.8 Å². The molecular formula is C14H26N4O2S. The van der Waals surface area contributed by atoms with Crippen LogP contribution in [-0.4, -0.2) is 34.7 Å². The zero-order valence-corrected chi connectivity index (χ0v) is 14.0. The van der Waals surface area contributed by atoms with Crippen LogP contribution in [0.5, 0.6) is 0 Å². The van der Waals surface area contributed by atoms with E-state index < -0.39 is 0 Å². The van der Waals surface area contributed by atoms with Gasteiger partial charge in [0.15, 0.2) is 5.13 Å². The van der Waals surface area contributed by atoms with Gasteiger partial charge in [-0.2, -0.15) is 0 Å². The van der Waals surface area contributed by atoms with Crippen molar-refractivity contribution < 1.29 is 9.90 Å². The number of nitrogens with one attached hydrogen (secondary N) is 2. The quantitative estimate of drug-likeness (QED) is 0.617. The van der Waals surface area contributed by atoms with Gasteiger partial charge < -0.3 is 21.5 Å². The van der Waals surface area contributed by atoms with Gasteiger partial charge in [-0.15, -0.1) is 0 Å². The number of aliphatic hydroxyl groups is 1. The minimum absolute atomic E-state index is 0.132. The zero-order chi connectivity index (χ0) is 16.0. The van der Waals surface area contributed by atoms with Crippen LogP contribution in [0.2, 0.25) is 0 Å². The number of aromatic nitrogens is 1. The minimum Gasteiger partial charge on any atom is -0.396 e. The third-order valence-corrected chi connectivity index (χ3v) is 3.99. The van der Waals surface area contributed by atoms with E-state index in [0.29, 0.717) is 23.0 Å². The summed E-state index contributed by atoms with van der Waals surface area (Å²) >= 11 is 1.26. The molecule has 0 aliphatic carbocycles. The minimum atomic E-state index is -0.205. The summed E-state index contributed by atoms with van der Waals surface area (Å²) in [6.07, 6.45) is 1.60. The Balaban J connectivity index is 2.66. The monoisotopic (exact) mass is 314 g/mol. The molecule has 1 heterocycles. The second-order valence-corrected chi connectivity index (χ2v) is 7.10. The molecule has 1 unspecified atom stereocenters. The molecule has 6 nitrogen and oxygen atoms in total. The zero-order valence-electron chi connectivity index (χ0n) is 13.2. The van der Waals surface area contributed by atoms with Crippen molar-refractivity contribution in [2.24, 2.45) is 5.92 Å². The van der Waals surface area contributed by atoms with Crippen LogP contribution in [0, 0.1) is 5.92 Å². The molecule has 0 fully saturated rings. The van der Waals surface area contributed by atoms with Crippen molar-refractivity contribution in [1.29, 1.82) is 0 Å². The molecule has 1 rings (SSSR count). The Morgan fingerprint density at radius 1 is 1.48 bits per heavy atom. The number of anilines is 2. The average molecular weight is 314 g/mol. The van der Waals surface area contributed by atoms with Crippen LogP contribution < -0.4 is 16.4 Å². The molecule has 0 bridgehead atoms. The van der Waals surface area contributed by atoms with Gasteiger partial charge in [-0.05, 0) is 33.1 Å². The molecule has 0 saturated carbocycles. The Hall–Kier alpha value is -1.34. The number of hydrogen-bond donors (Lipinski definition) is 4. The normalized spacial score (nSPS) is 13.0. The first kappa shape index (κ1) is 17.7. The number of nitrogen functional groups attached to an aromatic ring is 1. The molecule has 0 radical (unpaired) electrons. The number of aliphatic hydroxyl groups excluding tert-OH is 1. The standard InChI is InChI=1S/C14H26N4O2S/c1-5-9(6-7-19)8-16-12(20)10-11(15)17-13(21-10)18-14(2,3)4/h9,19H,5-8,15H2,1-4H3,(H,16,20)(H,17,18). The molecular weight excluding hydrogens is 288 g/mol. The van der Waals surface area contributed by atoms with E-state index in [2.05, 4.69) is 15.6 Å². The topological polar surface area (TPSA) is 100 Å². The largest absolute Gasteiger partial charge is 0.396 e. The molecule has 0 saturated heterocycles. The van der Waals surface area contributed by atoms with Gasteiger partial charge in [0, 0.05) is 18.7 Å². The average Bonchev–Trinajstić information content (AvgIpc) is 2.72. The van der Waals surface area contributed by atoms with E-state index in [1.54, 1.807) is 0 Å². The first-order chi connectivity index (χ1) is 9.76.